The number of carbonyl (C=O) groups is 2. The predicted octanol–water partition coefficient (Wildman–Crippen LogP) is 6.43. The highest BCUT2D eigenvalue weighted by molar-refractivity contribution is 8.13. The molecule has 1 amide bonds. The molecule has 0 radical (unpaired) electrons. The molecule has 1 aromatic rings. The highest BCUT2D eigenvalue weighted by atomic mass is 32.2. The first-order chi connectivity index (χ1) is 17.9. The van der Waals surface area contributed by atoms with E-state index in [2.05, 4.69) is 31.2 Å². The molecule has 0 aromatic heterocycles. The third-order valence-corrected chi connectivity index (χ3v) is 8.38. The van der Waals surface area contributed by atoms with Crippen LogP contribution in [-0.4, -0.2) is 53.0 Å². The third kappa shape index (κ3) is 7.37. The number of thioether (sulfide) groups is 1. The van der Waals surface area contributed by atoms with Crippen LogP contribution in [0.1, 0.15) is 57.9 Å². The second kappa shape index (κ2) is 12.9. The van der Waals surface area contributed by atoms with Gasteiger partial charge in [-0.05, 0) is 44.1 Å². The lowest BCUT2D eigenvalue weighted by atomic mass is 9.89. The van der Waals surface area contributed by atoms with E-state index in [1.165, 1.54) is 11.8 Å². The van der Waals surface area contributed by atoms with Crippen molar-refractivity contribution in [1.82, 2.24) is 4.90 Å². The summed E-state index contributed by atoms with van der Waals surface area (Å²) in [6, 6.07) is 9.69. The number of carbonyl (C=O) groups excluding carboxylic acids is 2. The van der Waals surface area contributed by atoms with Gasteiger partial charge in [0.25, 0.3) is 5.24 Å². The van der Waals surface area contributed by atoms with Crippen LogP contribution >= 0.6 is 11.8 Å². The number of hydrogen-bond acceptors (Lipinski definition) is 6. The molecular formula is C30H39NO5S. The van der Waals surface area contributed by atoms with E-state index in [0.717, 1.165) is 36.8 Å². The van der Waals surface area contributed by atoms with Crippen LogP contribution in [0.4, 0.5) is 4.79 Å². The van der Waals surface area contributed by atoms with Gasteiger partial charge in [0.15, 0.2) is 5.79 Å². The highest BCUT2D eigenvalue weighted by Gasteiger charge is 2.54. The van der Waals surface area contributed by atoms with Crippen molar-refractivity contribution in [1.29, 1.82) is 0 Å². The van der Waals surface area contributed by atoms with Crippen molar-refractivity contribution >= 4 is 23.0 Å². The lowest BCUT2D eigenvalue weighted by molar-refractivity contribution is -0.305. The first-order valence-corrected chi connectivity index (χ1v) is 14.3. The SMILES string of the molecule is CO[C@]1([C@@H]2CSC(=O)N2Cc2ccccc2)C[C@H]2C[C@@H](CC[C@H](C)/C=C\C=C\CC/C(C)=C\C(=O)O2)O1. The van der Waals surface area contributed by atoms with Crippen LogP contribution in [0.3, 0.4) is 0 Å². The fourth-order valence-electron chi connectivity index (χ4n) is 5.35. The number of amides is 1. The molecule has 3 heterocycles. The molecule has 2 bridgehead atoms. The molecule has 4 rings (SSSR count). The summed E-state index contributed by atoms with van der Waals surface area (Å²) < 4.78 is 18.9. The molecule has 0 unspecified atom stereocenters. The molecule has 0 aliphatic carbocycles. The smallest absolute Gasteiger partial charge is 0.330 e. The lowest BCUT2D eigenvalue weighted by Gasteiger charge is -2.48. The Kier molecular flexibility index (Phi) is 9.68. The molecule has 0 N–H and O–H groups in total. The fourth-order valence-corrected chi connectivity index (χ4v) is 6.44. The van der Waals surface area contributed by atoms with Gasteiger partial charge in [-0.2, -0.15) is 0 Å². The van der Waals surface area contributed by atoms with Crippen molar-refractivity contribution < 1.29 is 23.8 Å². The summed E-state index contributed by atoms with van der Waals surface area (Å²) in [5.41, 5.74) is 2.05. The quantitative estimate of drug-likeness (QED) is 0.422. The van der Waals surface area contributed by atoms with Gasteiger partial charge in [0.05, 0.1) is 12.1 Å². The van der Waals surface area contributed by atoms with Crippen molar-refractivity contribution in [3.8, 4) is 0 Å². The molecule has 0 spiro atoms. The summed E-state index contributed by atoms with van der Waals surface area (Å²) in [5, 5.41) is 0.0179. The molecule has 3 aliphatic heterocycles. The predicted molar refractivity (Wildman–Crippen MR) is 147 cm³/mol. The second-order valence-corrected chi connectivity index (χ2v) is 11.3. The monoisotopic (exact) mass is 525 g/mol. The van der Waals surface area contributed by atoms with Gasteiger partial charge in [-0.1, -0.05) is 78.9 Å². The molecule has 6 nitrogen and oxygen atoms in total. The van der Waals surface area contributed by atoms with Gasteiger partial charge in [-0.15, -0.1) is 0 Å². The first-order valence-electron chi connectivity index (χ1n) is 13.3. The second-order valence-electron chi connectivity index (χ2n) is 10.4. The average molecular weight is 526 g/mol. The van der Waals surface area contributed by atoms with Crippen molar-refractivity contribution in [3.05, 3.63) is 71.8 Å². The Morgan fingerprint density at radius 3 is 2.73 bits per heavy atom. The Balaban J connectivity index is 1.60. The molecule has 5 atom stereocenters. The minimum atomic E-state index is -1.05. The summed E-state index contributed by atoms with van der Waals surface area (Å²) in [4.78, 5) is 27.7. The van der Waals surface area contributed by atoms with Crippen LogP contribution in [0.5, 0.6) is 0 Å². The Hall–Kier alpha value is -2.35. The van der Waals surface area contributed by atoms with Crippen molar-refractivity contribution in [2.24, 2.45) is 5.92 Å². The maximum atomic E-state index is 13.0. The van der Waals surface area contributed by atoms with Crippen molar-refractivity contribution in [2.75, 3.05) is 12.9 Å². The Bertz CT molecular complexity index is 1020. The molecular weight excluding hydrogens is 486 g/mol. The van der Waals surface area contributed by atoms with Gasteiger partial charge in [-0.25, -0.2) is 4.79 Å². The number of rotatable bonds is 4. The highest BCUT2D eigenvalue weighted by Crippen LogP contribution is 2.43. The van der Waals surface area contributed by atoms with Crippen LogP contribution < -0.4 is 0 Å². The molecule has 2 saturated heterocycles. The van der Waals surface area contributed by atoms with Crippen molar-refractivity contribution in [2.45, 2.75) is 83.0 Å². The van der Waals surface area contributed by atoms with Gasteiger partial charge in [0, 0.05) is 38.3 Å². The number of ether oxygens (including phenoxy) is 3. The number of benzene rings is 1. The molecule has 37 heavy (non-hydrogen) atoms. The summed E-state index contributed by atoms with van der Waals surface area (Å²) in [6.45, 7) is 4.65. The topological polar surface area (TPSA) is 65.1 Å². The van der Waals surface area contributed by atoms with Crippen molar-refractivity contribution in [3.63, 3.8) is 0 Å². The fraction of sp³-hybridized carbons (Fsp3) is 0.533. The minimum Gasteiger partial charge on any atom is -0.459 e. The number of hydrogen-bond donors (Lipinski definition) is 0. The Morgan fingerprint density at radius 2 is 1.95 bits per heavy atom. The van der Waals surface area contributed by atoms with Crippen LogP contribution in [0.15, 0.2) is 66.3 Å². The van der Waals surface area contributed by atoms with E-state index in [0.29, 0.717) is 31.1 Å². The Morgan fingerprint density at radius 1 is 1.14 bits per heavy atom. The Labute approximate surface area is 225 Å². The molecule has 7 heteroatoms. The molecule has 2 fully saturated rings. The molecule has 1 aromatic carbocycles. The normalized spacial score (nSPS) is 34.9. The zero-order chi connectivity index (χ0) is 26.3. The van der Waals surface area contributed by atoms with E-state index in [4.69, 9.17) is 14.2 Å². The lowest BCUT2D eigenvalue weighted by Crippen LogP contribution is -2.60. The van der Waals surface area contributed by atoms with E-state index in [1.54, 1.807) is 13.2 Å². The molecule has 3 aliphatic rings. The van der Waals surface area contributed by atoms with Crippen LogP contribution in [0.2, 0.25) is 0 Å². The summed E-state index contributed by atoms with van der Waals surface area (Å²) >= 11 is 1.30. The number of methoxy groups -OCH3 is 1. The number of fused-ring (bicyclic) bond motifs is 2. The zero-order valence-corrected chi connectivity index (χ0v) is 23.0. The number of nitrogens with zero attached hydrogens (tertiary/aromatic N) is 1. The van der Waals surface area contributed by atoms with E-state index in [1.807, 2.05) is 42.2 Å². The van der Waals surface area contributed by atoms with Gasteiger partial charge in [0.1, 0.15) is 6.10 Å². The zero-order valence-electron chi connectivity index (χ0n) is 22.1. The molecule has 0 saturated carbocycles. The van der Waals surface area contributed by atoms with Crippen LogP contribution in [0.25, 0.3) is 0 Å². The number of esters is 1. The van der Waals surface area contributed by atoms with Gasteiger partial charge in [0.2, 0.25) is 0 Å². The third-order valence-electron chi connectivity index (χ3n) is 7.41. The van der Waals surface area contributed by atoms with Gasteiger partial charge >= 0.3 is 5.97 Å². The van der Waals surface area contributed by atoms with E-state index < -0.39 is 5.79 Å². The maximum Gasteiger partial charge on any atom is 0.330 e. The summed E-state index contributed by atoms with van der Waals surface area (Å²) in [5.74, 6) is -0.415. The van der Waals surface area contributed by atoms with Crippen LogP contribution in [0, 0.1) is 5.92 Å². The first kappa shape index (κ1) is 27.7. The maximum absolute atomic E-state index is 13.0. The number of allylic oxidation sites excluding steroid dienone is 5. The molecule has 200 valence electrons. The van der Waals surface area contributed by atoms with E-state index in [9.17, 15) is 9.59 Å². The largest absolute Gasteiger partial charge is 0.459 e. The average Bonchev–Trinajstić information content (AvgIpc) is 3.25. The van der Waals surface area contributed by atoms with Gasteiger partial charge < -0.3 is 19.1 Å². The minimum absolute atomic E-state index is 0.0179. The van der Waals surface area contributed by atoms with Gasteiger partial charge in [-0.3, -0.25) is 4.79 Å². The summed E-state index contributed by atoms with van der Waals surface area (Å²) in [6.07, 6.45) is 14.1. The van der Waals surface area contributed by atoms with E-state index in [-0.39, 0.29) is 29.5 Å². The van der Waals surface area contributed by atoms with E-state index >= 15 is 0 Å². The van der Waals surface area contributed by atoms with Crippen LogP contribution in [-0.2, 0) is 25.5 Å². The summed E-state index contributed by atoms with van der Waals surface area (Å²) in [7, 11) is 1.64. The standard InChI is InChI=1S/C30H39NO5S/c1-22-11-7-4-5-8-12-23(2)17-28(32)35-26-18-25(16-15-22)36-30(19-26,34-3)27-21-37-29(33)31(27)20-24-13-9-6-10-14-24/h4-7,9-11,13-14,17,22,25-27H,8,12,15-16,18-21H2,1-3H3/b5-4+,11-7-,23-17-/t22-,25-,26-,27+,30-/m1/s1.